The number of ether oxygens (including phenoxy) is 1. The van der Waals surface area contributed by atoms with Crippen LogP contribution in [0, 0.1) is 17.7 Å². The average molecular weight is 378 g/mol. The number of amides is 1. The monoisotopic (exact) mass is 378 g/mol. The number of nitrogens with one attached hydrogen (secondary N) is 1. The predicted octanol–water partition coefficient (Wildman–Crippen LogP) is 3.03. The number of alkyl halides is 3. The molecule has 0 spiro atoms. The zero-order valence-corrected chi connectivity index (χ0v) is 14.7. The fraction of sp³-hybridized carbons (Fsp3) is 0.529. The number of hydrogen-bond donors (Lipinski definition) is 2. The molecule has 5 nitrogen and oxygen atoms in total. The molecule has 146 valence electrons. The van der Waals surface area contributed by atoms with E-state index in [9.17, 15) is 27.2 Å². The molecule has 9 heteroatoms. The molecule has 26 heavy (non-hydrogen) atoms. The van der Waals surface area contributed by atoms with Crippen LogP contribution in [0.15, 0.2) is 18.2 Å². The first-order chi connectivity index (χ1) is 12.0. The molecule has 1 aromatic carbocycles. The standard InChI is InChI=1S/C17H22F4N2O3/c1-4-26-16(25)9(2)7-11-5-6-12(18)13(8-11)23-15(24)14(22)10(3)17(19,20)21/h5-6,8-10,14H,4,7,22H2,1-3H3,(H,23,24)/t9-,10-,14-/m1/s1. The van der Waals surface area contributed by atoms with Crippen LogP contribution < -0.4 is 11.1 Å². The van der Waals surface area contributed by atoms with Gasteiger partial charge in [-0.25, -0.2) is 4.39 Å². The molecule has 0 fully saturated rings. The van der Waals surface area contributed by atoms with E-state index in [2.05, 4.69) is 5.32 Å². The molecule has 1 rings (SSSR count). The quantitative estimate of drug-likeness (QED) is 0.565. The highest BCUT2D eigenvalue weighted by atomic mass is 19.4. The van der Waals surface area contributed by atoms with Crippen LogP contribution in [0.5, 0.6) is 0 Å². The van der Waals surface area contributed by atoms with Gasteiger partial charge in [-0.2, -0.15) is 13.2 Å². The number of nitrogens with two attached hydrogens (primary N) is 1. The fourth-order valence-electron chi connectivity index (χ4n) is 2.16. The number of esters is 1. The van der Waals surface area contributed by atoms with Crippen molar-refractivity contribution in [1.29, 1.82) is 0 Å². The summed E-state index contributed by atoms with van der Waals surface area (Å²) in [5, 5.41) is 2.08. The summed E-state index contributed by atoms with van der Waals surface area (Å²) in [5.74, 6) is -4.99. The molecule has 3 N–H and O–H groups in total. The molecular weight excluding hydrogens is 356 g/mol. The Kier molecular flexibility index (Phi) is 7.55. The van der Waals surface area contributed by atoms with Gasteiger partial charge in [0, 0.05) is 0 Å². The molecule has 3 atom stereocenters. The van der Waals surface area contributed by atoms with Gasteiger partial charge >= 0.3 is 12.1 Å². The van der Waals surface area contributed by atoms with Crippen LogP contribution in [0.1, 0.15) is 26.3 Å². The van der Waals surface area contributed by atoms with Crippen molar-refractivity contribution in [3.63, 3.8) is 0 Å². The Bertz CT molecular complexity index is 649. The maximum absolute atomic E-state index is 13.9. The average Bonchev–Trinajstić information content (AvgIpc) is 2.55. The number of halogens is 4. The summed E-state index contributed by atoms with van der Waals surface area (Å²) < 4.78 is 56.7. The molecule has 0 bridgehead atoms. The molecule has 0 heterocycles. The summed E-state index contributed by atoms with van der Waals surface area (Å²) >= 11 is 0. The Morgan fingerprint density at radius 3 is 2.42 bits per heavy atom. The highest BCUT2D eigenvalue weighted by Gasteiger charge is 2.42. The van der Waals surface area contributed by atoms with Gasteiger partial charge in [0.25, 0.3) is 0 Å². The largest absolute Gasteiger partial charge is 0.466 e. The van der Waals surface area contributed by atoms with E-state index in [-0.39, 0.29) is 18.7 Å². The third-order valence-electron chi connectivity index (χ3n) is 3.88. The minimum atomic E-state index is -4.65. The number of benzene rings is 1. The molecule has 1 amide bonds. The molecule has 0 saturated heterocycles. The van der Waals surface area contributed by atoms with Gasteiger partial charge in [0.2, 0.25) is 5.91 Å². The SMILES string of the molecule is CCOC(=O)[C@H](C)Cc1ccc(F)c(NC(=O)[C@H](N)[C@@H](C)C(F)(F)F)c1. The van der Waals surface area contributed by atoms with Gasteiger partial charge < -0.3 is 15.8 Å². The maximum Gasteiger partial charge on any atom is 0.393 e. The van der Waals surface area contributed by atoms with Gasteiger partial charge in [0.1, 0.15) is 5.82 Å². The predicted molar refractivity (Wildman–Crippen MR) is 87.7 cm³/mol. The molecule has 0 aliphatic rings. The number of carbonyl (C=O) groups excluding carboxylic acids is 2. The third kappa shape index (κ3) is 5.98. The van der Waals surface area contributed by atoms with Crippen molar-refractivity contribution in [2.45, 2.75) is 39.4 Å². The summed E-state index contributed by atoms with van der Waals surface area (Å²) in [5.41, 5.74) is 5.54. The van der Waals surface area contributed by atoms with Crippen LogP contribution in [0.3, 0.4) is 0 Å². The van der Waals surface area contributed by atoms with Crippen molar-refractivity contribution in [3.05, 3.63) is 29.6 Å². The van der Waals surface area contributed by atoms with Gasteiger partial charge in [0.15, 0.2) is 0 Å². The second-order valence-electron chi connectivity index (χ2n) is 6.02. The Balaban J connectivity index is 2.87. The van der Waals surface area contributed by atoms with Crippen molar-refractivity contribution in [1.82, 2.24) is 0 Å². The van der Waals surface area contributed by atoms with E-state index in [1.54, 1.807) is 13.8 Å². The summed E-state index contributed by atoms with van der Waals surface area (Å²) in [6.45, 7) is 4.29. The highest BCUT2D eigenvalue weighted by molar-refractivity contribution is 5.95. The lowest BCUT2D eigenvalue weighted by atomic mass is 9.99. The van der Waals surface area contributed by atoms with Crippen molar-refractivity contribution in [3.8, 4) is 0 Å². The molecule has 0 unspecified atom stereocenters. The van der Waals surface area contributed by atoms with E-state index in [1.807, 2.05) is 0 Å². The minimum Gasteiger partial charge on any atom is -0.466 e. The molecule has 0 aliphatic heterocycles. The molecule has 0 saturated carbocycles. The first-order valence-corrected chi connectivity index (χ1v) is 8.05. The van der Waals surface area contributed by atoms with Gasteiger partial charge in [-0.1, -0.05) is 19.9 Å². The lowest BCUT2D eigenvalue weighted by molar-refractivity contribution is -0.176. The Hall–Kier alpha value is -2.16. The smallest absolute Gasteiger partial charge is 0.393 e. The third-order valence-corrected chi connectivity index (χ3v) is 3.88. The van der Waals surface area contributed by atoms with Gasteiger partial charge in [-0.3, -0.25) is 9.59 Å². The first-order valence-electron chi connectivity index (χ1n) is 8.05. The number of anilines is 1. The van der Waals surface area contributed by atoms with Crippen LogP contribution in [0.2, 0.25) is 0 Å². The lowest BCUT2D eigenvalue weighted by Crippen LogP contribution is -2.46. The molecule has 1 aromatic rings. The second kappa shape index (κ2) is 8.98. The maximum atomic E-state index is 13.9. The van der Waals surface area contributed by atoms with Crippen LogP contribution >= 0.6 is 0 Å². The minimum absolute atomic E-state index is 0.215. The van der Waals surface area contributed by atoms with Gasteiger partial charge in [-0.05, 0) is 31.0 Å². The lowest BCUT2D eigenvalue weighted by Gasteiger charge is -2.22. The number of carbonyl (C=O) groups is 2. The van der Waals surface area contributed by atoms with Crippen molar-refractivity contribution < 1.29 is 31.9 Å². The normalized spacial score (nSPS) is 15.1. The van der Waals surface area contributed by atoms with Gasteiger partial charge in [-0.15, -0.1) is 0 Å². The van der Waals surface area contributed by atoms with E-state index < -0.39 is 41.7 Å². The highest BCUT2D eigenvalue weighted by Crippen LogP contribution is 2.28. The molecule has 0 aromatic heterocycles. The Labute approximate surface area is 148 Å². The van der Waals surface area contributed by atoms with Crippen molar-refractivity contribution >= 4 is 17.6 Å². The van der Waals surface area contributed by atoms with E-state index >= 15 is 0 Å². The topological polar surface area (TPSA) is 81.4 Å². The second-order valence-corrected chi connectivity index (χ2v) is 6.02. The number of rotatable bonds is 7. The van der Waals surface area contributed by atoms with Crippen molar-refractivity contribution in [2.24, 2.45) is 17.6 Å². The van der Waals surface area contributed by atoms with Crippen LogP contribution in [-0.4, -0.2) is 30.7 Å². The molecule has 0 radical (unpaired) electrons. The van der Waals surface area contributed by atoms with Crippen LogP contribution in [-0.2, 0) is 20.7 Å². The van der Waals surface area contributed by atoms with E-state index in [0.717, 1.165) is 13.0 Å². The first kappa shape index (κ1) is 21.9. The van der Waals surface area contributed by atoms with Crippen LogP contribution in [0.25, 0.3) is 0 Å². The Morgan fingerprint density at radius 2 is 1.88 bits per heavy atom. The fourth-order valence-corrected chi connectivity index (χ4v) is 2.16. The summed E-state index contributed by atoms with van der Waals surface area (Å²) in [7, 11) is 0. The summed E-state index contributed by atoms with van der Waals surface area (Å²) in [4.78, 5) is 23.5. The number of hydrogen-bond acceptors (Lipinski definition) is 4. The summed E-state index contributed by atoms with van der Waals surface area (Å²) in [6, 6.07) is 1.85. The zero-order chi connectivity index (χ0) is 20.1. The van der Waals surface area contributed by atoms with Crippen molar-refractivity contribution in [2.75, 3.05) is 11.9 Å². The van der Waals surface area contributed by atoms with E-state index in [1.165, 1.54) is 12.1 Å². The molecule has 0 aliphatic carbocycles. The van der Waals surface area contributed by atoms with Gasteiger partial charge in [0.05, 0.1) is 30.2 Å². The zero-order valence-electron chi connectivity index (χ0n) is 14.7. The van der Waals surface area contributed by atoms with E-state index in [0.29, 0.717) is 5.56 Å². The Morgan fingerprint density at radius 1 is 1.27 bits per heavy atom. The van der Waals surface area contributed by atoms with E-state index in [4.69, 9.17) is 10.5 Å². The van der Waals surface area contributed by atoms with Crippen LogP contribution in [0.4, 0.5) is 23.2 Å². The molecular formula is C17H22F4N2O3. The summed E-state index contributed by atoms with van der Waals surface area (Å²) in [6.07, 6.45) is -4.43.